The van der Waals surface area contributed by atoms with Gasteiger partial charge in [-0.1, -0.05) is 5.11 Å². The van der Waals surface area contributed by atoms with Crippen LogP contribution < -0.4 is 4.74 Å². The third-order valence-corrected chi connectivity index (χ3v) is 1.64. The maximum Gasteiger partial charge on any atom is 0.335 e. The number of nitrogens with zero attached hydrogens (tertiary/aromatic N) is 3. The molecule has 0 atom stereocenters. The van der Waals surface area contributed by atoms with Gasteiger partial charge in [0.05, 0.1) is 5.56 Å². The van der Waals surface area contributed by atoms with Crippen LogP contribution in [-0.4, -0.2) is 28.0 Å². The van der Waals surface area contributed by atoms with Gasteiger partial charge in [-0.3, -0.25) is 0 Å². The van der Waals surface area contributed by atoms with E-state index in [1.165, 1.54) is 0 Å². The number of ether oxygens (including phenoxy) is 1. The van der Waals surface area contributed by atoms with Crippen LogP contribution in [0.2, 0.25) is 0 Å². The third kappa shape index (κ3) is 2.46. The highest BCUT2D eigenvalue weighted by atomic mass is 16.5. The van der Waals surface area contributed by atoms with E-state index in [1.807, 2.05) is 0 Å². The third-order valence-electron chi connectivity index (χ3n) is 1.64. The highest BCUT2D eigenvalue weighted by molar-refractivity contribution is 5.89. The van der Waals surface area contributed by atoms with E-state index in [0.29, 0.717) is 0 Å². The second-order valence-electron chi connectivity index (χ2n) is 2.65. The molecule has 0 heterocycles. The monoisotopic (exact) mass is 225 g/mol. The van der Waals surface area contributed by atoms with Crippen molar-refractivity contribution in [2.24, 2.45) is 5.11 Å². The molecule has 0 amide bonds. The Hall–Kier alpha value is -2.60. The quantitative estimate of drug-likeness (QED) is 0.308. The standard InChI is InChI=1S/C8H7N3O5/c9-11-10-3-16-6-2-4(8(14)15)1-5(12)7(6)13/h1-2,12-13H,3H2,(H,14,15). The van der Waals surface area contributed by atoms with E-state index in [1.54, 1.807) is 0 Å². The molecule has 0 saturated heterocycles. The van der Waals surface area contributed by atoms with Crippen LogP contribution in [0.25, 0.3) is 10.4 Å². The number of phenolic OH excluding ortho intramolecular Hbond substituents is 2. The van der Waals surface area contributed by atoms with E-state index in [-0.39, 0.29) is 11.3 Å². The molecule has 0 bridgehead atoms. The summed E-state index contributed by atoms with van der Waals surface area (Å²) in [6, 6.07) is 1.88. The molecule has 8 nitrogen and oxygen atoms in total. The SMILES string of the molecule is [N-]=[N+]=NCOc1cc(C(=O)O)cc(O)c1O. The van der Waals surface area contributed by atoms with Crippen molar-refractivity contribution in [2.75, 3.05) is 6.73 Å². The van der Waals surface area contributed by atoms with Gasteiger partial charge >= 0.3 is 5.97 Å². The summed E-state index contributed by atoms with van der Waals surface area (Å²) < 4.78 is 4.76. The fraction of sp³-hybridized carbons (Fsp3) is 0.125. The van der Waals surface area contributed by atoms with Gasteiger partial charge in [-0.25, -0.2) is 4.79 Å². The van der Waals surface area contributed by atoms with Crippen LogP contribution in [0.1, 0.15) is 10.4 Å². The number of phenols is 2. The van der Waals surface area contributed by atoms with Crippen LogP contribution in [0, 0.1) is 0 Å². The molecule has 1 aromatic carbocycles. The Morgan fingerprint density at radius 1 is 1.50 bits per heavy atom. The summed E-state index contributed by atoms with van der Waals surface area (Å²) in [5, 5.41) is 30.2. The largest absolute Gasteiger partial charge is 0.504 e. The first-order valence-corrected chi connectivity index (χ1v) is 3.99. The summed E-state index contributed by atoms with van der Waals surface area (Å²) in [4.78, 5) is 13.0. The minimum Gasteiger partial charge on any atom is -0.504 e. The molecule has 1 rings (SSSR count). The minimum atomic E-state index is -1.29. The number of hydrogen-bond acceptors (Lipinski definition) is 5. The van der Waals surface area contributed by atoms with Gasteiger partial charge in [0.2, 0.25) is 5.75 Å². The van der Waals surface area contributed by atoms with Crippen molar-refractivity contribution in [3.05, 3.63) is 28.1 Å². The fourth-order valence-corrected chi connectivity index (χ4v) is 0.951. The number of carbonyl (C=O) groups is 1. The van der Waals surface area contributed by atoms with Crippen molar-refractivity contribution in [3.8, 4) is 17.2 Å². The minimum absolute atomic E-state index is 0.258. The van der Waals surface area contributed by atoms with E-state index in [2.05, 4.69) is 10.0 Å². The predicted octanol–water partition coefficient (Wildman–Crippen LogP) is 1.44. The molecule has 3 N–H and O–H groups in total. The first-order chi connectivity index (χ1) is 7.56. The second kappa shape index (κ2) is 4.76. The highest BCUT2D eigenvalue weighted by Gasteiger charge is 2.13. The van der Waals surface area contributed by atoms with E-state index in [9.17, 15) is 15.0 Å². The van der Waals surface area contributed by atoms with Crippen LogP contribution in [0.4, 0.5) is 0 Å². The molecule has 0 spiro atoms. The van der Waals surface area contributed by atoms with Gasteiger partial charge in [0.25, 0.3) is 0 Å². The normalized spacial score (nSPS) is 9.25. The summed E-state index contributed by atoms with van der Waals surface area (Å²) in [7, 11) is 0. The lowest BCUT2D eigenvalue weighted by molar-refractivity contribution is 0.0695. The van der Waals surface area contributed by atoms with E-state index in [0.717, 1.165) is 12.1 Å². The Morgan fingerprint density at radius 3 is 2.75 bits per heavy atom. The average molecular weight is 225 g/mol. The molecule has 0 saturated carbocycles. The summed E-state index contributed by atoms with van der Waals surface area (Å²) in [5.41, 5.74) is 7.73. The molecule has 84 valence electrons. The molecule has 1 aromatic rings. The van der Waals surface area contributed by atoms with Crippen LogP contribution in [0.3, 0.4) is 0 Å². The van der Waals surface area contributed by atoms with Crippen LogP contribution in [-0.2, 0) is 0 Å². The number of benzene rings is 1. The number of rotatable bonds is 4. The van der Waals surface area contributed by atoms with Gasteiger partial charge in [-0.05, 0) is 17.7 Å². The molecule has 0 aliphatic carbocycles. The maximum absolute atomic E-state index is 10.6. The molecule has 0 aromatic heterocycles. The number of aromatic carboxylic acids is 1. The number of carboxylic acid groups (broad SMARTS) is 1. The molecular formula is C8H7N3O5. The van der Waals surface area contributed by atoms with Crippen molar-refractivity contribution in [1.82, 2.24) is 0 Å². The lowest BCUT2D eigenvalue weighted by Crippen LogP contribution is -1.99. The zero-order valence-electron chi connectivity index (χ0n) is 7.86. The first kappa shape index (κ1) is 11.5. The van der Waals surface area contributed by atoms with Gasteiger partial charge in [0.1, 0.15) is 0 Å². The Labute approximate surface area is 89.0 Å². The fourth-order valence-electron chi connectivity index (χ4n) is 0.951. The Balaban J connectivity index is 3.06. The van der Waals surface area contributed by atoms with E-state index < -0.39 is 24.2 Å². The molecule has 0 unspecified atom stereocenters. The number of hydrogen-bond donors (Lipinski definition) is 3. The summed E-state index contributed by atoms with van der Waals surface area (Å²) >= 11 is 0. The van der Waals surface area contributed by atoms with Crippen LogP contribution in [0.15, 0.2) is 17.2 Å². The Morgan fingerprint density at radius 2 is 2.19 bits per heavy atom. The zero-order chi connectivity index (χ0) is 12.1. The summed E-state index contributed by atoms with van der Waals surface area (Å²) in [6.07, 6.45) is 0. The lowest BCUT2D eigenvalue weighted by Gasteiger charge is -2.07. The summed E-state index contributed by atoms with van der Waals surface area (Å²) in [6.45, 7) is -0.424. The van der Waals surface area contributed by atoms with E-state index in [4.69, 9.17) is 15.4 Å². The average Bonchev–Trinajstić information content (AvgIpc) is 2.24. The molecule has 0 aliphatic rings. The topological polar surface area (TPSA) is 136 Å². The van der Waals surface area contributed by atoms with Gasteiger partial charge in [-0.15, -0.1) is 0 Å². The van der Waals surface area contributed by atoms with Crippen molar-refractivity contribution in [1.29, 1.82) is 0 Å². The van der Waals surface area contributed by atoms with Gasteiger partial charge in [0.15, 0.2) is 18.2 Å². The molecule has 16 heavy (non-hydrogen) atoms. The molecule has 0 aliphatic heterocycles. The first-order valence-electron chi connectivity index (χ1n) is 3.99. The number of aromatic hydroxyl groups is 2. The second-order valence-corrected chi connectivity index (χ2v) is 2.65. The van der Waals surface area contributed by atoms with Crippen molar-refractivity contribution in [2.45, 2.75) is 0 Å². The number of azide groups is 1. The molecule has 8 heteroatoms. The van der Waals surface area contributed by atoms with Crippen molar-refractivity contribution >= 4 is 5.97 Å². The summed E-state index contributed by atoms with van der Waals surface area (Å²) in [5.74, 6) is -2.80. The molecule has 0 fully saturated rings. The lowest BCUT2D eigenvalue weighted by atomic mass is 10.2. The Kier molecular flexibility index (Phi) is 3.41. The van der Waals surface area contributed by atoms with Gasteiger partial charge in [0, 0.05) is 4.91 Å². The number of carboxylic acids is 1. The van der Waals surface area contributed by atoms with Crippen LogP contribution >= 0.6 is 0 Å². The maximum atomic E-state index is 10.6. The van der Waals surface area contributed by atoms with Crippen molar-refractivity contribution in [3.63, 3.8) is 0 Å². The predicted molar refractivity (Wildman–Crippen MR) is 51.4 cm³/mol. The van der Waals surface area contributed by atoms with Gasteiger partial charge < -0.3 is 20.1 Å². The zero-order valence-corrected chi connectivity index (χ0v) is 7.86. The van der Waals surface area contributed by atoms with Gasteiger partial charge in [-0.2, -0.15) is 0 Å². The highest BCUT2D eigenvalue weighted by Crippen LogP contribution is 2.36. The molecule has 0 radical (unpaired) electrons. The van der Waals surface area contributed by atoms with E-state index >= 15 is 0 Å². The van der Waals surface area contributed by atoms with Crippen LogP contribution in [0.5, 0.6) is 17.2 Å². The Bertz CT molecular complexity index is 467. The smallest absolute Gasteiger partial charge is 0.335 e. The van der Waals surface area contributed by atoms with Crippen molar-refractivity contribution < 1.29 is 24.9 Å². The molecular weight excluding hydrogens is 218 g/mol.